The van der Waals surface area contributed by atoms with Crippen molar-refractivity contribution in [3.63, 3.8) is 0 Å². The summed E-state index contributed by atoms with van der Waals surface area (Å²) in [6, 6.07) is 14.5. The quantitative estimate of drug-likeness (QED) is 0.306. The molecule has 3 aliphatic rings. The Hall–Kier alpha value is -3.25. The predicted molar refractivity (Wildman–Crippen MR) is 158 cm³/mol. The van der Waals surface area contributed by atoms with Crippen LogP contribution in [0.15, 0.2) is 48.7 Å². The number of rotatable bonds is 8. The van der Waals surface area contributed by atoms with E-state index in [1.165, 1.54) is 11.8 Å². The van der Waals surface area contributed by atoms with Gasteiger partial charge < -0.3 is 9.84 Å². The minimum atomic E-state index is -0.743. The molecule has 0 radical (unpaired) electrons. The lowest BCUT2D eigenvalue weighted by atomic mass is 9.82. The van der Waals surface area contributed by atoms with Crippen LogP contribution in [0.4, 0.5) is 4.39 Å². The van der Waals surface area contributed by atoms with Crippen LogP contribution in [0, 0.1) is 24.6 Å². The molecule has 1 aliphatic carbocycles. The molecule has 1 N–H and O–H groups in total. The number of carboxylic acid groups (broad SMARTS) is 1. The molecule has 5 nitrogen and oxygen atoms in total. The summed E-state index contributed by atoms with van der Waals surface area (Å²) in [5, 5.41) is 9.76. The van der Waals surface area contributed by atoms with Gasteiger partial charge in [-0.05, 0) is 118 Å². The number of aliphatic carboxylic acids is 1. The van der Waals surface area contributed by atoms with Crippen molar-refractivity contribution in [3.05, 3.63) is 82.4 Å². The van der Waals surface area contributed by atoms with Crippen LogP contribution in [0.5, 0.6) is 5.75 Å². The molecule has 2 fully saturated rings. The molecule has 41 heavy (non-hydrogen) atoms. The molecule has 0 bridgehead atoms. The van der Waals surface area contributed by atoms with Crippen LogP contribution < -0.4 is 4.74 Å². The summed E-state index contributed by atoms with van der Waals surface area (Å²) in [4.78, 5) is 18.5. The number of halogens is 1. The molecular weight excluding hydrogens is 515 g/mol. The van der Waals surface area contributed by atoms with Gasteiger partial charge >= 0.3 is 5.97 Å². The number of pyridine rings is 1. The Kier molecular flexibility index (Phi) is 7.39. The van der Waals surface area contributed by atoms with Gasteiger partial charge in [-0.2, -0.15) is 0 Å². The summed E-state index contributed by atoms with van der Waals surface area (Å²) in [5.41, 5.74) is 6.84. The number of aryl methyl sites for hydroxylation is 2. The van der Waals surface area contributed by atoms with E-state index in [1.54, 1.807) is 0 Å². The number of likely N-dealkylation sites (tertiary alicyclic amines) is 1. The third-order valence-electron chi connectivity index (χ3n) is 9.70. The number of aromatic nitrogens is 1. The van der Waals surface area contributed by atoms with E-state index in [2.05, 4.69) is 60.1 Å². The first-order chi connectivity index (χ1) is 19.6. The van der Waals surface area contributed by atoms with Crippen LogP contribution in [0.3, 0.4) is 0 Å². The van der Waals surface area contributed by atoms with Crippen molar-refractivity contribution in [2.24, 2.45) is 11.8 Å². The standard InChI is InChI=1S/C35H41FN2O3/c1-21-16-29(30(36)19-37-21)28-12-10-25(17-27(28)20-38-15-5-14-35(38,3)4)31-13-11-23-6-9-26(18-32(23)41-31)33(24-7-8-24)22(2)34(39)40/h6,9-10,12,16-19,22,24,31,33H,5,7-8,11,13-15,20H2,1-4H3,(H,39,40)/t22-,31?,33-/m0/s1. The number of hydrogen-bond donors (Lipinski definition) is 1. The number of carbonyl (C=O) groups is 1. The maximum absolute atomic E-state index is 15.1. The topological polar surface area (TPSA) is 62.7 Å². The maximum atomic E-state index is 15.1. The van der Waals surface area contributed by atoms with Crippen LogP contribution in [-0.2, 0) is 17.8 Å². The smallest absolute Gasteiger partial charge is 0.306 e. The molecule has 3 aromatic rings. The Morgan fingerprint density at radius 1 is 1.15 bits per heavy atom. The first kappa shape index (κ1) is 27.9. The second kappa shape index (κ2) is 10.9. The van der Waals surface area contributed by atoms with Gasteiger partial charge in [-0.1, -0.05) is 37.3 Å². The van der Waals surface area contributed by atoms with Crippen LogP contribution in [0.2, 0.25) is 0 Å². The van der Waals surface area contributed by atoms with E-state index in [9.17, 15) is 9.90 Å². The lowest BCUT2D eigenvalue weighted by Gasteiger charge is -2.33. The van der Waals surface area contributed by atoms with Crippen LogP contribution in [0.25, 0.3) is 11.1 Å². The summed E-state index contributed by atoms with van der Waals surface area (Å²) in [6.45, 7) is 10.1. The normalized spacial score (nSPS) is 21.6. The van der Waals surface area contributed by atoms with Crippen molar-refractivity contribution in [1.82, 2.24) is 9.88 Å². The molecule has 1 unspecified atom stereocenters. The summed E-state index contributed by atoms with van der Waals surface area (Å²) < 4.78 is 21.7. The Balaban J connectivity index is 1.33. The van der Waals surface area contributed by atoms with Crippen molar-refractivity contribution in [3.8, 4) is 16.9 Å². The van der Waals surface area contributed by atoms with Gasteiger partial charge in [0.2, 0.25) is 0 Å². The summed E-state index contributed by atoms with van der Waals surface area (Å²) in [5.74, 6) is -0.170. The van der Waals surface area contributed by atoms with Gasteiger partial charge in [-0.3, -0.25) is 14.7 Å². The molecule has 1 aromatic heterocycles. The van der Waals surface area contributed by atoms with Crippen LogP contribution in [-0.4, -0.2) is 33.0 Å². The zero-order valence-corrected chi connectivity index (χ0v) is 24.6. The molecule has 2 aromatic carbocycles. The van der Waals surface area contributed by atoms with Gasteiger partial charge in [0.15, 0.2) is 0 Å². The van der Waals surface area contributed by atoms with Gasteiger partial charge in [0.1, 0.15) is 17.7 Å². The van der Waals surface area contributed by atoms with E-state index in [1.807, 2.05) is 19.9 Å². The van der Waals surface area contributed by atoms with Gasteiger partial charge in [-0.15, -0.1) is 0 Å². The zero-order chi connectivity index (χ0) is 28.9. The van der Waals surface area contributed by atoms with E-state index < -0.39 is 11.9 Å². The molecule has 0 amide bonds. The number of nitrogens with zero attached hydrogens (tertiary/aromatic N) is 2. The predicted octanol–water partition coefficient (Wildman–Crippen LogP) is 7.85. The average molecular weight is 557 g/mol. The van der Waals surface area contributed by atoms with Crippen LogP contribution >= 0.6 is 0 Å². The molecule has 1 saturated heterocycles. The second-order valence-corrected chi connectivity index (χ2v) is 13.1. The molecule has 6 heteroatoms. The van der Waals surface area contributed by atoms with E-state index in [0.717, 1.165) is 85.3 Å². The van der Waals surface area contributed by atoms with Crippen LogP contribution in [0.1, 0.15) is 92.8 Å². The van der Waals surface area contributed by atoms with Crippen molar-refractivity contribution in [2.75, 3.05) is 6.54 Å². The molecule has 216 valence electrons. The molecule has 1 saturated carbocycles. The highest BCUT2D eigenvalue weighted by atomic mass is 19.1. The van der Waals surface area contributed by atoms with Crippen molar-refractivity contribution in [2.45, 2.75) is 90.3 Å². The third kappa shape index (κ3) is 5.63. The SMILES string of the molecule is Cc1cc(-c2ccc(C3CCc4ccc([C@H](C5CC5)[C@H](C)C(=O)O)cc4O3)cc2CN2CCCC2(C)C)c(F)cn1. The molecule has 3 atom stereocenters. The van der Waals surface area contributed by atoms with Crippen molar-refractivity contribution in [1.29, 1.82) is 0 Å². The average Bonchev–Trinajstić information content (AvgIpc) is 3.72. The number of fused-ring (bicyclic) bond motifs is 1. The summed E-state index contributed by atoms with van der Waals surface area (Å²) in [6.07, 6.45) is 7.46. The Labute approximate surface area is 242 Å². The first-order valence-corrected chi connectivity index (χ1v) is 15.1. The first-order valence-electron chi connectivity index (χ1n) is 15.1. The number of benzene rings is 2. The number of ether oxygens (including phenoxy) is 1. The van der Waals surface area contributed by atoms with Crippen molar-refractivity contribution >= 4 is 5.97 Å². The van der Waals surface area contributed by atoms with E-state index in [0.29, 0.717) is 11.5 Å². The third-order valence-corrected chi connectivity index (χ3v) is 9.70. The summed E-state index contributed by atoms with van der Waals surface area (Å²) >= 11 is 0. The highest BCUT2D eigenvalue weighted by Crippen LogP contribution is 2.48. The fraction of sp³-hybridized carbons (Fsp3) is 0.486. The molecular formula is C35H41FN2O3. The second-order valence-electron chi connectivity index (χ2n) is 13.1. The molecule has 6 rings (SSSR count). The zero-order valence-electron chi connectivity index (χ0n) is 24.6. The Morgan fingerprint density at radius 3 is 2.66 bits per heavy atom. The lowest BCUT2D eigenvalue weighted by Crippen LogP contribution is -2.37. The highest BCUT2D eigenvalue weighted by molar-refractivity contribution is 5.71. The minimum Gasteiger partial charge on any atom is -0.485 e. The van der Waals surface area contributed by atoms with Gasteiger partial charge in [-0.25, -0.2) is 4.39 Å². The van der Waals surface area contributed by atoms with Gasteiger partial charge in [0.05, 0.1) is 12.1 Å². The highest BCUT2D eigenvalue weighted by Gasteiger charge is 2.39. The number of carboxylic acids is 1. The largest absolute Gasteiger partial charge is 0.485 e. The van der Waals surface area contributed by atoms with E-state index in [-0.39, 0.29) is 23.4 Å². The van der Waals surface area contributed by atoms with E-state index in [4.69, 9.17) is 4.74 Å². The summed E-state index contributed by atoms with van der Waals surface area (Å²) in [7, 11) is 0. The van der Waals surface area contributed by atoms with Gasteiger partial charge in [0.25, 0.3) is 0 Å². The Bertz CT molecular complexity index is 1460. The van der Waals surface area contributed by atoms with Gasteiger partial charge in [0, 0.05) is 23.3 Å². The maximum Gasteiger partial charge on any atom is 0.306 e. The lowest BCUT2D eigenvalue weighted by molar-refractivity contribution is -0.142. The molecule has 3 heterocycles. The Morgan fingerprint density at radius 2 is 1.95 bits per heavy atom. The number of hydrogen-bond acceptors (Lipinski definition) is 4. The molecule has 2 aliphatic heterocycles. The fourth-order valence-corrected chi connectivity index (χ4v) is 7.03. The van der Waals surface area contributed by atoms with E-state index >= 15 is 4.39 Å². The fourth-order valence-electron chi connectivity index (χ4n) is 7.03. The van der Waals surface area contributed by atoms with Crippen molar-refractivity contribution < 1.29 is 19.0 Å². The molecule has 0 spiro atoms. The minimum absolute atomic E-state index is 0.00944. The monoisotopic (exact) mass is 556 g/mol.